The zero-order chi connectivity index (χ0) is 16.6. The Morgan fingerprint density at radius 1 is 1.00 bits per heavy atom. The molecule has 0 radical (unpaired) electrons. The van der Waals surface area contributed by atoms with Crippen LogP contribution in [0.3, 0.4) is 0 Å². The first-order valence-electron chi connectivity index (χ1n) is 6.37. The van der Waals surface area contributed by atoms with Crippen LogP contribution in [0.15, 0.2) is 42.5 Å². The maximum atomic E-state index is 13.5. The minimum Gasteiger partial charge on any atom is -0.476 e. The molecule has 1 heterocycles. The van der Waals surface area contributed by atoms with Crippen LogP contribution in [0.25, 0.3) is 16.9 Å². The van der Waals surface area contributed by atoms with E-state index in [1.807, 2.05) is 0 Å². The molecule has 0 amide bonds. The molecule has 2 aromatic carbocycles. The predicted octanol–water partition coefficient (Wildman–Crippen LogP) is 3.05. The Balaban J connectivity index is 2.24. The molecule has 1 aromatic heterocycles. The molecule has 0 saturated carbocycles. The molecule has 3 rings (SSSR count). The highest BCUT2D eigenvalue weighted by atomic mass is 19.2. The molecule has 3 aromatic rings. The van der Waals surface area contributed by atoms with Crippen LogP contribution in [0, 0.1) is 17.5 Å². The van der Waals surface area contributed by atoms with E-state index in [1.54, 1.807) is 0 Å². The summed E-state index contributed by atoms with van der Waals surface area (Å²) in [5.74, 6) is -4.06. The second-order valence-corrected chi connectivity index (χ2v) is 4.61. The van der Waals surface area contributed by atoms with Crippen molar-refractivity contribution in [1.82, 2.24) is 15.0 Å². The average molecular weight is 319 g/mol. The van der Waals surface area contributed by atoms with Gasteiger partial charge < -0.3 is 5.11 Å². The first-order chi connectivity index (χ1) is 11.0. The van der Waals surface area contributed by atoms with Gasteiger partial charge in [-0.15, -0.1) is 5.10 Å². The van der Waals surface area contributed by atoms with Gasteiger partial charge in [0.25, 0.3) is 0 Å². The first-order valence-corrected chi connectivity index (χ1v) is 6.37. The maximum absolute atomic E-state index is 13.5. The van der Waals surface area contributed by atoms with Gasteiger partial charge in [0.2, 0.25) is 0 Å². The molecule has 0 aliphatic carbocycles. The van der Waals surface area contributed by atoms with E-state index in [0.717, 1.165) is 28.9 Å². The van der Waals surface area contributed by atoms with Crippen molar-refractivity contribution in [3.63, 3.8) is 0 Å². The van der Waals surface area contributed by atoms with Gasteiger partial charge in [-0.3, -0.25) is 0 Å². The van der Waals surface area contributed by atoms with Crippen LogP contribution < -0.4 is 0 Å². The number of hydrogen-bond acceptors (Lipinski definition) is 3. The molecule has 0 bridgehead atoms. The molecule has 8 heteroatoms. The van der Waals surface area contributed by atoms with E-state index in [2.05, 4.69) is 10.3 Å². The number of aromatic nitrogens is 3. The van der Waals surface area contributed by atoms with E-state index >= 15 is 0 Å². The van der Waals surface area contributed by atoms with Crippen molar-refractivity contribution >= 4 is 5.97 Å². The number of rotatable bonds is 3. The molecular formula is C15H8F3N3O2. The summed E-state index contributed by atoms with van der Waals surface area (Å²) >= 11 is 0. The van der Waals surface area contributed by atoms with Gasteiger partial charge in [0.1, 0.15) is 11.5 Å². The minimum absolute atomic E-state index is 0.0389. The van der Waals surface area contributed by atoms with Gasteiger partial charge in [-0.05, 0) is 42.5 Å². The van der Waals surface area contributed by atoms with E-state index in [9.17, 15) is 23.1 Å². The van der Waals surface area contributed by atoms with Crippen molar-refractivity contribution in [2.75, 3.05) is 0 Å². The number of carboxylic acid groups (broad SMARTS) is 1. The fraction of sp³-hybridized carbons (Fsp3) is 0. The summed E-state index contributed by atoms with van der Waals surface area (Å²) in [5.41, 5.74) is -0.0647. The van der Waals surface area contributed by atoms with Crippen molar-refractivity contribution in [2.45, 2.75) is 0 Å². The number of hydrogen-bond donors (Lipinski definition) is 1. The lowest BCUT2D eigenvalue weighted by Gasteiger charge is -2.07. The highest BCUT2D eigenvalue weighted by Gasteiger charge is 2.22. The molecule has 23 heavy (non-hydrogen) atoms. The number of benzene rings is 2. The summed E-state index contributed by atoms with van der Waals surface area (Å²) in [6.07, 6.45) is 0. The number of carbonyl (C=O) groups is 1. The van der Waals surface area contributed by atoms with Gasteiger partial charge in [0.05, 0.1) is 5.69 Å². The van der Waals surface area contributed by atoms with Crippen molar-refractivity contribution in [2.24, 2.45) is 0 Å². The first kappa shape index (κ1) is 14.8. The van der Waals surface area contributed by atoms with Gasteiger partial charge in [-0.1, -0.05) is 5.21 Å². The third-order valence-corrected chi connectivity index (χ3v) is 3.14. The largest absolute Gasteiger partial charge is 0.476 e. The summed E-state index contributed by atoms with van der Waals surface area (Å²) in [7, 11) is 0. The van der Waals surface area contributed by atoms with Gasteiger partial charge >= 0.3 is 5.97 Å². The van der Waals surface area contributed by atoms with Crippen LogP contribution in [0.4, 0.5) is 13.2 Å². The number of nitrogens with zero attached hydrogens (tertiary/aromatic N) is 3. The fourth-order valence-electron chi connectivity index (χ4n) is 2.09. The molecule has 1 N–H and O–H groups in total. The van der Waals surface area contributed by atoms with E-state index < -0.39 is 29.1 Å². The van der Waals surface area contributed by atoms with Crippen LogP contribution >= 0.6 is 0 Å². The standard InChI is InChI=1S/C15H8F3N3O2/c16-9-2-4-10(5-3-9)21-14(13(15(22)23)19-20-21)8-1-6-11(17)12(18)7-8/h1-7H,(H,22,23). The van der Waals surface area contributed by atoms with Gasteiger partial charge in [-0.25, -0.2) is 22.6 Å². The van der Waals surface area contributed by atoms with Crippen LogP contribution in [0.5, 0.6) is 0 Å². The summed E-state index contributed by atoms with van der Waals surface area (Å²) in [6.45, 7) is 0. The van der Waals surface area contributed by atoms with Crippen LogP contribution in [0.2, 0.25) is 0 Å². The van der Waals surface area contributed by atoms with E-state index in [4.69, 9.17) is 0 Å². The van der Waals surface area contributed by atoms with Crippen molar-refractivity contribution in [1.29, 1.82) is 0 Å². The molecule has 0 saturated heterocycles. The molecule has 0 fully saturated rings. The molecule has 5 nitrogen and oxygen atoms in total. The Morgan fingerprint density at radius 2 is 1.70 bits per heavy atom. The molecule has 116 valence electrons. The lowest BCUT2D eigenvalue weighted by molar-refractivity contribution is 0.0691. The average Bonchev–Trinajstić information content (AvgIpc) is 2.96. The lowest BCUT2D eigenvalue weighted by atomic mass is 10.1. The summed E-state index contributed by atoms with van der Waals surface area (Å²) in [5, 5.41) is 16.5. The highest BCUT2D eigenvalue weighted by Crippen LogP contribution is 2.26. The van der Waals surface area contributed by atoms with Gasteiger partial charge in [0.15, 0.2) is 17.3 Å². The SMILES string of the molecule is O=C(O)c1nnn(-c2ccc(F)cc2)c1-c1ccc(F)c(F)c1. The zero-order valence-electron chi connectivity index (χ0n) is 11.4. The van der Waals surface area contributed by atoms with Gasteiger partial charge in [0, 0.05) is 5.56 Å². The van der Waals surface area contributed by atoms with E-state index in [1.165, 1.54) is 18.2 Å². The molecule has 0 aliphatic rings. The summed E-state index contributed by atoms with van der Waals surface area (Å²) in [6, 6.07) is 7.97. The molecule has 0 spiro atoms. The minimum atomic E-state index is -1.38. The van der Waals surface area contributed by atoms with Crippen LogP contribution in [0.1, 0.15) is 10.5 Å². The van der Waals surface area contributed by atoms with Crippen molar-refractivity contribution in [3.8, 4) is 16.9 Å². The Labute approximate surface area is 127 Å². The maximum Gasteiger partial charge on any atom is 0.358 e. The molecule has 0 aliphatic heterocycles. The third-order valence-electron chi connectivity index (χ3n) is 3.14. The Hall–Kier alpha value is -3.16. The molecule has 0 atom stereocenters. The third kappa shape index (κ3) is 2.66. The molecule has 0 unspecified atom stereocenters. The highest BCUT2D eigenvalue weighted by molar-refractivity contribution is 5.93. The van der Waals surface area contributed by atoms with Crippen LogP contribution in [-0.4, -0.2) is 26.1 Å². The number of aromatic carboxylic acids is 1. The van der Waals surface area contributed by atoms with Crippen LogP contribution in [-0.2, 0) is 0 Å². The Bertz CT molecular complexity index is 891. The zero-order valence-corrected chi connectivity index (χ0v) is 11.4. The smallest absolute Gasteiger partial charge is 0.358 e. The van der Waals surface area contributed by atoms with E-state index in [-0.39, 0.29) is 11.3 Å². The quantitative estimate of drug-likeness (QED) is 0.805. The Kier molecular flexibility index (Phi) is 3.57. The van der Waals surface area contributed by atoms with Crippen molar-refractivity contribution < 1.29 is 23.1 Å². The monoisotopic (exact) mass is 319 g/mol. The lowest BCUT2D eigenvalue weighted by Crippen LogP contribution is -2.04. The summed E-state index contributed by atoms with van der Waals surface area (Å²) < 4.78 is 40.7. The van der Waals surface area contributed by atoms with Gasteiger partial charge in [-0.2, -0.15) is 0 Å². The predicted molar refractivity (Wildman–Crippen MR) is 73.6 cm³/mol. The topological polar surface area (TPSA) is 68.0 Å². The summed E-state index contributed by atoms with van der Waals surface area (Å²) in [4.78, 5) is 11.3. The van der Waals surface area contributed by atoms with Crippen molar-refractivity contribution in [3.05, 3.63) is 65.6 Å². The number of halogens is 3. The number of carboxylic acids is 1. The second-order valence-electron chi connectivity index (χ2n) is 4.61. The fourth-order valence-corrected chi connectivity index (χ4v) is 2.09. The molecular weight excluding hydrogens is 311 g/mol. The normalized spacial score (nSPS) is 10.7. The Morgan fingerprint density at radius 3 is 2.30 bits per heavy atom. The second kappa shape index (κ2) is 5.56. The van der Waals surface area contributed by atoms with E-state index in [0.29, 0.717) is 5.69 Å².